The van der Waals surface area contributed by atoms with Crippen LogP contribution in [0.2, 0.25) is 0 Å². The molecule has 0 spiro atoms. The first-order valence-electron chi connectivity index (χ1n) is 36.6. The van der Waals surface area contributed by atoms with Crippen molar-refractivity contribution >= 4 is 17.9 Å². The standard InChI is InChI=1S/C76H140O6/c1-4-7-10-13-16-19-22-25-28-31-33-35-36-37-38-39-40-42-43-45-48-51-54-57-60-63-66-69-75(78)81-72-73(71-80-74(77)68-65-62-59-56-53-50-47-30-27-24-21-18-15-12-9-6-3)82-76(79)70-67-64-61-58-55-52-49-46-44-41-34-32-29-26-23-20-17-14-11-8-5-2/h8,11,17,20,26,29,34,41,73H,4-7,9-10,12-16,18-19,21-25,27-28,30-33,35-40,42-72H2,1-3H3/b11-8-,20-17-,29-26-,41-34-. The Morgan fingerprint density at radius 2 is 0.476 bits per heavy atom. The molecular weight excluding hydrogens is 1010 g/mol. The fourth-order valence-electron chi connectivity index (χ4n) is 11.1. The van der Waals surface area contributed by atoms with E-state index in [4.69, 9.17) is 14.2 Å². The number of ether oxygens (including phenoxy) is 3. The normalized spacial score (nSPS) is 12.3. The van der Waals surface area contributed by atoms with Crippen LogP contribution in [-0.2, 0) is 28.6 Å². The minimum Gasteiger partial charge on any atom is -0.462 e. The first kappa shape index (κ1) is 79.4. The Hall–Kier alpha value is -2.63. The van der Waals surface area contributed by atoms with Crippen LogP contribution < -0.4 is 0 Å². The molecule has 0 aromatic heterocycles. The van der Waals surface area contributed by atoms with Gasteiger partial charge < -0.3 is 14.2 Å². The lowest BCUT2D eigenvalue weighted by Gasteiger charge is -2.18. The molecule has 0 rings (SSSR count). The molecule has 0 saturated heterocycles. The molecule has 0 aromatic carbocycles. The van der Waals surface area contributed by atoms with Crippen molar-refractivity contribution in [1.29, 1.82) is 0 Å². The lowest BCUT2D eigenvalue weighted by Crippen LogP contribution is -2.30. The predicted molar refractivity (Wildman–Crippen MR) is 358 cm³/mol. The summed E-state index contributed by atoms with van der Waals surface area (Å²) < 4.78 is 17.0. The SMILES string of the molecule is CC/C=C\C/C=C\C/C=C\C/C=C\CCCCCCCCCCC(=O)OC(COC(=O)CCCCCCCCCCCCCCCCCC)COC(=O)CCCCCCCCCCCCCCCCCCCCCCCCCCCCC. The van der Waals surface area contributed by atoms with Gasteiger partial charge in [0.15, 0.2) is 6.10 Å². The van der Waals surface area contributed by atoms with Crippen LogP contribution in [0.15, 0.2) is 48.6 Å². The Kier molecular flexibility index (Phi) is 68.6. The van der Waals surface area contributed by atoms with Crippen LogP contribution in [-0.4, -0.2) is 37.2 Å². The first-order valence-corrected chi connectivity index (χ1v) is 36.6. The molecule has 0 aliphatic heterocycles. The number of rotatable bonds is 68. The maximum atomic E-state index is 13.0. The second-order valence-electron chi connectivity index (χ2n) is 24.8. The quantitative estimate of drug-likeness (QED) is 0.0261. The zero-order valence-corrected chi connectivity index (χ0v) is 55.3. The number of unbranched alkanes of at least 4 members (excludes halogenated alkanes) is 49. The lowest BCUT2D eigenvalue weighted by atomic mass is 10.0. The molecule has 82 heavy (non-hydrogen) atoms. The van der Waals surface area contributed by atoms with Gasteiger partial charge in [-0.15, -0.1) is 0 Å². The predicted octanol–water partition coefficient (Wildman–Crippen LogP) is 25.3. The molecule has 0 amide bonds. The highest BCUT2D eigenvalue weighted by atomic mass is 16.6. The van der Waals surface area contributed by atoms with E-state index in [0.717, 1.165) is 89.9 Å². The van der Waals surface area contributed by atoms with Crippen molar-refractivity contribution in [3.63, 3.8) is 0 Å². The third-order valence-electron chi connectivity index (χ3n) is 16.6. The molecule has 0 aromatic rings. The molecule has 0 bridgehead atoms. The van der Waals surface area contributed by atoms with Crippen molar-refractivity contribution in [3.8, 4) is 0 Å². The molecule has 0 aliphatic carbocycles. The molecule has 0 saturated carbocycles. The average molecular weight is 1150 g/mol. The summed E-state index contributed by atoms with van der Waals surface area (Å²) in [5.41, 5.74) is 0. The highest BCUT2D eigenvalue weighted by Crippen LogP contribution is 2.19. The Balaban J connectivity index is 4.26. The van der Waals surface area contributed by atoms with Crippen molar-refractivity contribution in [2.45, 2.75) is 406 Å². The maximum Gasteiger partial charge on any atom is 0.306 e. The van der Waals surface area contributed by atoms with Crippen LogP contribution in [0.5, 0.6) is 0 Å². The fourth-order valence-corrected chi connectivity index (χ4v) is 11.1. The zero-order chi connectivity index (χ0) is 59.2. The van der Waals surface area contributed by atoms with E-state index in [1.807, 2.05) is 0 Å². The van der Waals surface area contributed by atoms with Gasteiger partial charge in [-0.05, 0) is 57.8 Å². The van der Waals surface area contributed by atoms with Crippen LogP contribution in [0.3, 0.4) is 0 Å². The zero-order valence-electron chi connectivity index (χ0n) is 55.3. The average Bonchev–Trinajstić information content (AvgIpc) is 3.48. The summed E-state index contributed by atoms with van der Waals surface area (Å²) >= 11 is 0. The van der Waals surface area contributed by atoms with E-state index in [1.54, 1.807) is 0 Å². The number of carbonyl (C=O) groups is 3. The summed E-state index contributed by atoms with van der Waals surface area (Å²) in [5, 5.41) is 0. The van der Waals surface area contributed by atoms with Gasteiger partial charge >= 0.3 is 17.9 Å². The van der Waals surface area contributed by atoms with Gasteiger partial charge in [0.25, 0.3) is 0 Å². The molecule has 0 radical (unpaired) electrons. The molecule has 6 nitrogen and oxygen atoms in total. The van der Waals surface area contributed by atoms with Crippen LogP contribution in [0, 0.1) is 0 Å². The Morgan fingerprint density at radius 3 is 0.744 bits per heavy atom. The minimum absolute atomic E-state index is 0.0707. The molecular formula is C76H140O6. The molecule has 1 atom stereocenters. The van der Waals surface area contributed by atoms with Crippen molar-refractivity contribution in [1.82, 2.24) is 0 Å². The highest BCUT2D eigenvalue weighted by Gasteiger charge is 2.19. The molecule has 0 aliphatic rings. The number of esters is 3. The molecule has 0 heterocycles. The van der Waals surface area contributed by atoms with Crippen molar-refractivity contribution in [2.75, 3.05) is 13.2 Å². The van der Waals surface area contributed by atoms with Crippen molar-refractivity contribution in [2.24, 2.45) is 0 Å². The number of hydrogen-bond acceptors (Lipinski definition) is 6. The Bertz CT molecular complexity index is 1410. The van der Waals surface area contributed by atoms with Crippen LogP contribution in [0.4, 0.5) is 0 Å². The largest absolute Gasteiger partial charge is 0.462 e. The van der Waals surface area contributed by atoms with E-state index in [2.05, 4.69) is 69.4 Å². The van der Waals surface area contributed by atoms with E-state index in [1.165, 1.54) is 270 Å². The minimum atomic E-state index is -0.776. The van der Waals surface area contributed by atoms with Gasteiger partial charge in [0.1, 0.15) is 13.2 Å². The second kappa shape index (κ2) is 70.9. The lowest BCUT2D eigenvalue weighted by molar-refractivity contribution is -0.167. The van der Waals surface area contributed by atoms with Gasteiger partial charge in [-0.3, -0.25) is 14.4 Å². The van der Waals surface area contributed by atoms with E-state index in [9.17, 15) is 14.4 Å². The van der Waals surface area contributed by atoms with Gasteiger partial charge in [0.05, 0.1) is 0 Å². The summed E-state index contributed by atoms with van der Waals surface area (Å²) in [6.45, 7) is 6.60. The summed E-state index contributed by atoms with van der Waals surface area (Å²) in [6.07, 6.45) is 90.1. The third-order valence-corrected chi connectivity index (χ3v) is 16.6. The van der Waals surface area contributed by atoms with E-state index < -0.39 is 6.10 Å². The van der Waals surface area contributed by atoms with Crippen molar-refractivity contribution in [3.05, 3.63) is 48.6 Å². The van der Waals surface area contributed by atoms with Gasteiger partial charge in [-0.25, -0.2) is 0 Å². The number of carbonyl (C=O) groups excluding carboxylic acids is 3. The van der Waals surface area contributed by atoms with Crippen LogP contribution in [0.1, 0.15) is 400 Å². The molecule has 1 unspecified atom stereocenters. The third kappa shape index (κ3) is 68.2. The first-order chi connectivity index (χ1) is 40.5. The number of allylic oxidation sites excluding steroid dienone is 8. The summed E-state index contributed by atoms with van der Waals surface area (Å²) in [6, 6.07) is 0. The Morgan fingerprint density at radius 1 is 0.256 bits per heavy atom. The van der Waals surface area contributed by atoms with Gasteiger partial charge in [0.2, 0.25) is 0 Å². The fraction of sp³-hybridized carbons (Fsp3) is 0.855. The van der Waals surface area contributed by atoms with Gasteiger partial charge in [0, 0.05) is 19.3 Å². The molecule has 6 heteroatoms. The Labute approximate surface area is 511 Å². The summed E-state index contributed by atoms with van der Waals surface area (Å²) in [5.74, 6) is -0.848. The molecule has 0 fully saturated rings. The summed E-state index contributed by atoms with van der Waals surface area (Å²) in [7, 11) is 0. The van der Waals surface area contributed by atoms with E-state index in [0.29, 0.717) is 19.3 Å². The maximum absolute atomic E-state index is 13.0. The molecule has 0 N–H and O–H groups in total. The monoisotopic (exact) mass is 1150 g/mol. The smallest absolute Gasteiger partial charge is 0.306 e. The summed E-state index contributed by atoms with van der Waals surface area (Å²) in [4.78, 5) is 38.5. The van der Waals surface area contributed by atoms with Crippen molar-refractivity contribution < 1.29 is 28.6 Å². The number of hydrogen-bond donors (Lipinski definition) is 0. The van der Waals surface area contributed by atoms with Crippen LogP contribution in [0.25, 0.3) is 0 Å². The van der Waals surface area contributed by atoms with Gasteiger partial charge in [-0.2, -0.15) is 0 Å². The topological polar surface area (TPSA) is 78.9 Å². The molecule has 480 valence electrons. The second-order valence-corrected chi connectivity index (χ2v) is 24.8. The van der Waals surface area contributed by atoms with E-state index in [-0.39, 0.29) is 31.1 Å². The highest BCUT2D eigenvalue weighted by molar-refractivity contribution is 5.71. The van der Waals surface area contributed by atoms with E-state index >= 15 is 0 Å². The van der Waals surface area contributed by atoms with Gasteiger partial charge in [-0.1, -0.05) is 371 Å². The van der Waals surface area contributed by atoms with Crippen LogP contribution >= 0.6 is 0 Å².